The fraction of sp³-hybridized carbons (Fsp3) is 0.562. The lowest BCUT2D eigenvalue weighted by Gasteiger charge is -2.32. The lowest BCUT2D eigenvalue weighted by Crippen LogP contribution is -2.46. The van der Waals surface area contributed by atoms with Crippen LogP contribution in [0.25, 0.3) is 0 Å². The third kappa shape index (κ3) is 7.04. The van der Waals surface area contributed by atoms with Gasteiger partial charge in [-0.15, -0.1) is 24.8 Å². The molecule has 0 spiro atoms. The van der Waals surface area contributed by atoms with Crippen LogP contribution in [-0.2, 0) is 11.3 Å². The Hall–Kier alpha value is -0.880. The first-order valence-corrected chi connectivity index (χ1v) is 7.55. The Bertz CT molecular complexity index is 490. The van der Waals surface area contributed by atoms with Gasteiger partial charge in [-0.1, -0.05) is 12.1 Å². The molecule has 1 aromatic rings. The van der Waals surface area contributed by atoms with Gasteiger partial charge in [0.15, 0.2) is 0 Å². The average molecular weight is 366 g/mol. The molecule has 132 valence electrons. The van der Waals surface area contributed by atoms with Gasteiger partial charge in [-0.2, -0.15) is 0 Å². The number of halogens is 3. The summed E-state index contributed by atoms with van der Waals surface area (Å²) < 4.78 is 13.2. The van der Waals surface area contributed by atoms with E-state index in [9.17, 15) is 9.18 Å². The van der Waals surface area contributed by atoms with Gasteiger partial charge in [0.05, 0.1) is 5.92 Å². The van der Waals surface area contributed by atoms with Crippen LogP contribution in [0, 0.1) is 11.7 Å². The van der Waals surface area contributed by atoms with Crippen molar-refractivity contribution in [2.75, 3.05) is 19.6 Å². The molecular weight excluding hydrogens is 340 g/mol. The largest absolute Gasteiger partial charge is 0.352 e. The lowest BCUT2D eigenvalue weighted by molar-refractivity contribution is -0.127. The molecule has 0 bridgehead atoms. The highest BCUT2D eigenvalue weighted by atomic mass is 35.5. The van der Waals surface area contributed by atoms with E-state index in [1.54, 1.807) is 12.1 Å². The molecule has 1 unspecified atom stereocenters. The van der Waals surface area contributed by atoms with E-state index < -0.39 is 0 Å². The van der Waals surface area contributed by atoms with Gasteiger partial charge in [-0.25, -0.2) is 4.39 Å². The van der Waals surface area contributed by atoms with Crippen LogP contribution in [-0.4, -0.2) is 36.5 Å². The fourth-order valence-corrected chi connectivity index (χ4v) is 2.73. The van der Waals surface area contributed by atoms with Gasteiger partial charge in [0.1, 0.15) is 5.82 Å². The van der Waals surface area contributed by atoms with Gasteiger partial charge in [0.2, 0.25) is 5.91 Å². The Morgan fingerprint density at radius 1 is 1.48 bits per heavy atom. The van der Waals surface area contributed by atoms with Gasteiger partial charge in [-0.3, -0.25) is 9.69 Å². The molecule has 3 N–H and O–H groups in total. The minimum atomic E-state index is -0.212. The molecule has 23 heavy (non-hydrogen) atoms. The van der Waals surface area contributed by atoms with Crippen molar-refractivity contribution in [1.82, 2.24) is 10.2 Å². The second kappa shape index (κ2) is 10.8. The van der Waals surface area contributed by atoms with Crippen molar-refractivity contribution in [2.24, 2.45) is 11.7 Å². The molecule has 1 aliphatic rings. The van der Waals surface area contributed by atoms with E-state index in [1.165, 1.54) is 6.07 Å². The summed E-state index contributed by atoms with van der Waals surface area (Å²) in [6.07, 6.45) is 1.90. The highest BCUT2D eigenvalue weighted by molar-refractivity contribution is 5.85. The molecule has 2 atom stereocenters. The molecule has 0 saturated carbocycles. The van der Waals surface area contributed by atoms with Crippen molar-refractivity contribution >= 4 is 30.7 Å². The molecule has 2 rings (SSSR count). The number of amides is 1. The van der Waals surface area contributed by atoms with E-state index in [2.05, 4.69) is 10.2 Å². The zero-order valence-electron chi connectivity index (χ0n) is 13.3. The van der Waals surface area contributed by atoms with Gasteiger partial charge in [-0.05, 0) is 44.0 Å². The normalized spacial score (nSPS) is 19.2. The molecule has 0 aromatic heterocycles. The van der Waals surface area contributed by atoms with Crippen LogP contribution < -0.4 is 11.1 Å². The summed E-state index contributed by atoms with van der Waals surface area (Å²) in [5.41, 5.74) is 6.48. The van der Waals surface area contributed by atoms with Crippen LogP contribution in [0.4, 0.5) is 4.39 Å². The number of likely N-dealkylation sites (tertiary alicyclic amines) is 1. The number of benzene rings is 1. The molecular formula is C16H26Cl2FN3O. The topological polar surface area (TPSA) is 58.4 Å². The Kier molecular flexibility index (Phi) is 10.4. The van der Waals surface area contributed by atoms with Gasteiger partial charge >= 0.3 is 0 Å². The molecule has 1 amide bonds. The minimum absolute atomic E-state index is 0. The number of hydrogen-bond donors (Lipinski definition) is 2. The summed E-state index contributed by atoms with van der Waals surface area (Å²) in [4.78, 5) is 14.4. The molecule has 1 heterocycles. The fourth-order valence-electron chi connectivity index (χ4n) is 2.73. The number of nitrogens with two attached hydrogens (primary N) is 1. The second-order valence-corrected chi connectivity index (χ2v) is 5.85. The minimum Gasteiger partial charge on any atom is -0.352 e. The molecule has 1 saturated heterocycles. The monoisotopic (exact) mass is 365 g/mol. The number of nitrogens with one attached hydrogen (secondary N) is 1. The van der Waals surface area contributed by atoms with E-state index >= 15 is 0 Å². The lowest BCUT2D eigenvalue weighted by atomic mass is 9.96. The molecule has 0 radical (unpaired) electrons. The number of carbonyl (C=O) groups excluding carboxylic acids is 1. The maximum Gasteiger partial charge on any atom is 0.224 e. The smallest absolute Gasteiger partial charge is 0.224 e. The maximum atomic E-state index is 13.2. The summed E-state index contributed by atoms with van der Waals surface area (Å²) in [6.45, 7) is 4.72. The SMILES string of the molecule is C[C@@H](CN)NC(=O)C1CCCN(Cc2cccc(F)c2)C1.Cl.Cl. The molecule has 0 aliphatic carbocycles. The Balaban J connectivity index is 0.00000242. The highest BCUT2D eigenvalue weighted by Crippen LogP contribution is 2.19. The van der Waals surface area contributed by atoms with Crippen LogP contribution >= 0.6 is 24.8 Å². The number of nitrogens with zero attached hydrogens (tertiary/aromatic N) is 1. The third-order valence-electron chi connectivity index (χ3n) is 3.91. The van der Waals surface area contributed by atoms with E-state index in [1.807, 2.05) is 13.0 Å². The highest BCUT2D eigenvalue weighted by Gasteiger charge is 2.26. The number of hydrogen-bond acceptors (Lipinski definition) is 3. The first-order chi connectivity index (χ1) is 10.1. The first-order valence-electron chi connectivity index (χ1n) is 7.55. The second-order valence-electron chi connectivity index (χ2n) is 5.85. The predicted molar refractivity (Wildman–Crippen MR) is 95.6 cm³/mol. The van der Waals surface area contributed by atoms with E-state index in [4.69, 9.17) is 5.73 Å². The van der Waals surface area contributed by atoms with E-state index in [0.717, 1.165) is 31.5 Å². The Labute approximate surface area is 149 Å². The van der Waals surface area contributed by atoms with Crippen molar-refractivity contribution in [3.8, 4) is 0 Å². The number of piperidine rings is 1. The number of carbonyl (C=O) groups is 1. The molecule has 1 aromatic carbocycles. The molecule has 1 fully saturated rings. The molecule has 1 aliphatic heterocycles. The standard InChI is InChI=1S/C16H24FN3O.2ClH/c1-12(9-18)19-16(21)14-5-3-7-20(11-14)10-13-4-2-6-15(17)8-13;;/h2,4,6,8,12,14H,3,5,7,9-11,18H2,1H3,(H,19,21);2*1H/t12-,14?;;/m0../s1. The zero-order valence-corrected chi connectivity index (χ0v) is 15.0. The summed E-state index contributed by atoms with van der Waals surface area (Å²) in [7, 11) is 0. The third-order valence-corrected chi connectivity index (χ3v) is 3.91. The maximum absolute atomic E-state index is 13.2. The molecule has 4 nitrogen and oxygen atoms in total. The quantitative estimate of drug-likeness (QED) is 0.841. The van der Waals surface area contributed by atoms with Crippen LogP contribution in [0.3, 0.4) is 0 Å². The van der Waals surface area contributed by atoms with Crippen molar-refractivity contribution < 1.29 is 9.18 Å². The van der Waals surface area contributed by atoms with Crippen molar-refractivity contribution in [2.45, 2.75) is 32.4 Å². The zero-order chi connectivity index (χ0) is 15.2. The van der Waals surface area contributed by atoms with Gasteiger partial charge in [0.25, 0.3) is 0 Å². The summed E-state index contributed by atoms with van der Waals surface area (Å²) >= 11 is 0. The average Bonchev–Trinajstić information content (AvgIpc) is 2.47. The van der Waals surface area contributed by atoms with Crippen molar-refractivity contribution in [1.29, 1.82) is 0 Å². The first kappa shape index (κ1) is 22.1. The summed E-state index contributed by atoms with van der Waals surface area (Å²) in [5.74, 6) is -0.131. The van der Waals surface area contributed by atoms with Gasteiger partial charge < -0.3 is 11.1 Å². The van der Waals surface area contributed by atoms with E-state index in [0.29, 0.717) is 13.1 Å². The van der Waals surface area contributed by atoms with Crippen LogP contribution in [0.15, 0.2) is 24.3 Å². The van der Waals surface area contributed by atoms with E-state index in [-0.39, 0.29) is 48.5 Å². The number of rotatable bonds is 5. The predicted octanol–water partition coefficient (Wildman–Crippen LogP) is 2.34. The Morgan fingerprint density at radius 2 is 2.22 bits per heavy atom. The van der Waals surface area contributed by atoms with Crippen LogP contribution in [0.2, 0.25) is 0 Å². The summed E-state index contributed by atoms with van der Waals surface area (Å²) in [6, 6.07) is 6.66. The Morgan fingerprint density at radius 3 is 2.87 bits per heavy atom. The summed E-state index contributed by atoms with van der Waals surface area (Å²) in [5, 5.41) is 2.94. The molecule has 7 heteroatoms. The van der Waals surface area contributed by atoms with Crippen molar-refractivity contribution in [3.05, 3.63) is 35.6 Å². The van der Waals surface area contributed by atoms with Crippen LogP contribution in [0.5, 0.6) is 0 Å². The van der Waals surface area contributed by atoms with Crippen molar-refractivity contribution in [3.63, 3.8) is 0 Å². The van der Waals surface area contributed by atoms with Gasteiger partial charge in [0, 0.05) is 25.7 Å². The van der Waals surface area contributed by atoms with Crippen LogP contribution in [0.1, 0.15) is 25.3 Å².